The smallest absolute Gasteiger partial charge is 0.416 e. The highest BCUT2D eigenvalue weighted by Gasteiger charge is 2.30. The minimum Gasteiger partial charge on any atom is -0.474 e. The fraction of sp³-hybridized carbons (Fsp3) is 0.433. The van der Waals surface area contributed by atoms with Gasteiger partial charge in [-0.05, 0) is 68.5 Å². The highest BCUT2D eigenvalue weighted by Crippen LogP contribution is 2.30. The molecule has 0 amide bonds. The van der Waals surface area contributed by atoms with E-state index in [-0.39, 0.29) is 6.10 Å². The van der Waals surface area contributed by atoms with Gasteiger partial charge in [-0.15, -0.1) is 0 Å². The van der Waals surface area contributed by atoms with Gasteiger partial charge >= 0.3 is 6.18 Å². The number of pyridine rings is 1. The molecule has 0 atom stereocenters. The molecule has 2 aliphatic rings. The molecule has 2 aromatic carbocycles. The van der Waals surface area contributed by atoms with Crippen LogP contribution >= 0.6 is 0 Å². The minimum atomic E-state index is -4.30. The van der Waals surface area contributed by atoms with E-state index in [1.54, 1.807) is 12.1 Å². The van der Waals surface area contributed by atoms with Gasteiger partial charge in [-0.25, -0.2) is 4.98 Å². The number of nitrogens with zero attached hydrogens (tertiary/aromatic N) is 3. The molecule has 5 rings (SSSR count). The van der Waals surface area contributed by atoms with Crippen molar-refractivity contribution in [3.05, 3.63) is 83.6 Å². The Bertz CT molecular complexity index is 1170. The van der Waals surface area contributed by atoms with Gasteiger partial charge in [0.1, 0.15) is 6.10 Å². The average molecular weight is 525 g/mol. The number of aryl methyl sites for hydroxylation is 1. The summed E-state index contributed by atoms with van der Waals surface area (Å²) in [5.74, 6) is 0.671. The zero-order valence-corrected chi connectivity index (χ0v) is 21.8. The van der Waals surface area contributed by atoms with Crippen molar-refractivity contribution in [2.24, 2.45) is 0 Å². The van der Waals surface area contributed by atoms with Crippen molar-refractivity contribution in [1.29, 1.82) is 0 Å². The highest BCUT2D eigenvalue weighted by atomic mass is 19.4. The van der Waals surface area contributed by atoms with E-state index in [1.807, 2.05) is 18.3 Å². The number of piperazine rings is 1. The molecule has 202 valence electrons. The second-order valence-electron chi connectivity index (χ2n) is 10.4. The Morgan fingerprint density at radius 2 is 1.58 bits per heavy atom. The lowest BCUT2D eigenvalue weighted by molar-refractivity contribution is -0.137. The van der Waals surface area contributed by atoms with Crippen molar-refractivity contribution in [3.8, 4) is 5.88 Å². The molecule has 0 radical (unpaired) electrons. The standard InChI is InChI=1S/C30H35F3N4O/c1-22-2-8-25(9-3-22)35-26-10-12-28(13-11-26)38-29-20-27(14-15-34-29)37-18-16-36(17-19-37)21-23-4-6-24(7-5-23)30(31,32)33/h2-9,14-15,20,26,28,35H,10-13,16-19,21H2,1H3. The fourth-order valence-corrected chi connectivity index (χ4v) is 5.26. The summed E-state index contributed by atoms with van der Waals surface area (Å²) < 4.78 is 44.7. The summed E-state index contributed by atoms with van der Waals surface area (Å²) in [5.41, 5.74) is 3.83. The predicted molar refractivity (Wildman–Crippen MR) is 145 cm³/mol. The monoisotopic (exact) mass is 524 g/mol. The van der Waals surface area contributed by atoms with E-state index < -0.39 is 11.7 Å². The van der Waals surface area contributed by atoms with E-state index in [2.05, 4.69) is 51.3 Å². The zero-order chi connectivity index (χ0) is 26.5. The molecular formula is C30H35F3N4O. The van der Waals surface area contributed by atoms with E-state index in [1.165, 1.54) is 11.3 Å². The molecule has 2 heterocycles. The van der Waals surface area contributed by atoms with E-state index in [0.717, 1.165) is 75.2 Å². The van der Waals surface area contributed by atoms with Crippen LogP contribution in [-0.2, 0) is 12.7 Å². The third-order valence-electron chi connectivity index (χ3n) is 7.53. The lowest BCUT2D eigenvalue weighted by atomic mass is 9.92. The van der Waals surface area contributed by atoms with Gasteiger partial charge in [0.15, 0.2) is 0 Å². The van der Waals surface area contributed by atoms with Crippen LogP contribution in [0.3, 0.4) is 0 Å². The normalized spacial score (nSPS) is 20.8. The average Bonchev–Trinajstić information content (AvgIpc) is 2.92. The van der Waals surface area contributed by atoms with Crippen molar-refractivity contribution in [1.82, 2.24) is 9.88 Å². The molecule has 2 fully saturated rings. The molecule has 38 heavy (non-hydrogen) atoms. The Morgan fingerprint density at radius 3 is 2.24 bits per heavy atom. The topological polar surface area (TPSA) is 40.6 Å². The molecule has 1 saturated carbocycles. The first kappa shape index (κ1) is 26.4. The largest absolute Gasteiger partial charge is 0.474 e. The maximum absolute atomic E-state index is 12.8. The maximum Gasteiger partial charge on any atom is 0.416 e. The van der Waals surface area contributed by atoms with Gasteiger partial charge in [0.2, 0.25) is 5.88 Å². The molecule has 1 aliphatic carbocycles. The number of benzene rings is 2. The molecule has 8 heteroatoms. The summed E-state index contributed by atoms with van der Waals surface area (Å²) in [5, 5.41) is 3.64. The summed E-state index contributed by atoms with van der Waals surface area (Å²) >= 11 is 0. The number of aromatic nitrogens is 1. The Kier molecular flexibility index (Phi) is 8.07. The molecular weight excluding hydrogens is 489 g/mol. The molecule has 0 bridgehead atoms. The Balaban J connectivity index is 1.08. The Labute approximate surface area is 222 Å². The predicted octanol–water partition coefficient (Wildman–Crippen LogP) is 6.53. The summed E-state index contributed by atoms with van der Waals surface area (Å²) in [7, 11) is 0. The van der Waals surface area contributed by atoms with Gasteiger partial charge in [0, 0.05) is 62.4 Å². The van der Waals surface area contributed by atoms with Gasteiger partial charge in [-0.3, -0.25) is 4.90 Å². The molecule has 1 N–H and O–H groups in total. The number of rotatable bonds is 7. The van der Waals surface area contributed by atoms with E-state index in [9.17, 15) is 13.2 Å². The number of ether oxygens (including phenoxy) is 1. The summed E-state index contributed by atoms with van der Waals surface area (Å²) in [6.45, 7) is 6.13. The first-order valence-corrected chi connectivity index (χ1v) is 13.4. The number of hydrogen-bond acceptors (Lipinski definition) is 5. The minimum absolute atomic E-state index is 0.175. The van der Waals surface area contributed by atoms with Crippen molar-refractivity contribution >= 4 is 11.4 Å². The lowest BCUT2D eigenvalue weighted by Gasteiger charge is -2.36. The third-order valence-corrected chi connectivity index (χ3v) is 7.53. The fourth-order valence-electron chi connectivity index (χ4n) is 5.26. The first-order valence-electron chi connectivity index (χ1n) is 13.4. The van der Waals surface area contributed by atoms with E-state index in [4.69, 9.17) is 4.74 Å². The van der Waals surface area contributed by atoms with Crippen molar-refractivity contribution in [3.63, 3.8) is 0 Å². The van der Waals surface area contributed by atoms with Gasteiger partial charge in [-0.2, -0.15) is 13.2 Å². The summed E-state index contributed by atoms with van der Waals surface area (Å²) in [6, 6.07) is 18.5. The van der Waals surface area contributed by atoms with Crippen LogP contribution < -0.4 is 15.0 Å². The molecule has 0 unspecified atom stereocenters. The zero-order valence-electron chi connectivity index (χ0n) is 21.8. The van der Waals surface area contributed by atoms with E-state index >= 15 is 0 Å². The van der Waals surface area contributed by atoms with E-state index in [0.29, 0.717) is 18.5 Å². The lowest BCUT2D eigenvalue weighted by Crippen LogP contribution is -2.46. The SMILES string of the molecule is Cc1ccc(NC2CCC(Oc3cc(N4CCN(Cc5ccc(C(F)(F)F)cc5)CC4)ccn3)CC2)cc1. The van der Waals surface area contributed by atoms with Crippen molar-refractivity contribution in [2.45, 2.75) is 57.5 Å². The second-order valence-corrected chi connectivity index (χ2v) is 10.4. The van der Waals surface area contributed by atoms with Crippen LogP contribution in [0, 0.1) is 6.92 Å². The molecule has 0 spiro atoms. The van der Waals surface area contributed by atoms with Gasteiger partial charge < -0.3 is 15.0 Å². The number of anilines is 2. The van der Waals surface area contributed by atoms with Gasteiger partial charge in [0.25, 0.3) is 0 Å². The first-order chi connectivity index (χ1) is 18.3. The molecule has 5 nitrogen and oxygen atoms in total. The van der Waals surface area contributed by atoms with Crippen LogP contribution in [0.25, 0.3) is 0 Å². The quantitative estimate of drug-likeness (QED) is 0.380. The Morgan fingerprint density at radius 1 is 0.895 bits per heavy atom. The molecule has 1 aromatic heterocycles. The summed E-state index contributed by atoms with van der Waals surface area (Å²) in [4.78, 5) is 9.06. The number of alkyl halides is 3. The van der Waals surface area contributed by atoms with Crippen molar-refractivity contribution < 1.29 is 17.9 Å². The van der Waals surface area contributed by atoms with Gasteiger partial charge in [-0.1, -0.05) is 29.8 Å². The Hall–Kier alpha value is -3.26. The van der Waals surface area contributed by atoms with Crippen LogP contribution in [0.2, 0.25) is 0 Å². The van der Waals surface area contributed by atoms with Crippen LogP contribution in [0.1, 0.15) is 42.4 Å². The van der Waals surface area contributed by atoms with Gasteiger partial charge in [0.05, 0.1) is 5.56 Å². The highest BCUT2D eigenvalue weighted by molar-refractivity contribution is 5.49. The second kappa shape index (κ2) is 11.6. The van der Waals surface area contributed by atoms with Crippen LogP contribution in [0.5, 0.6) is 5.88 Å². The number of nitrogens with one attached hydrogen (secondary N) is 1. The van der Waals surface area contributed by atoms with Crippen molar-refractivity contribution in [2.75, 3.05) is 36.4 Å². The maximum atomic E-state index is 12.8. The number of hydrogen-bond donors (Lipinski definition) is 1. The molecule has 3 aromatic rings. The third kappa shape index (κ3) is 6.98. The van der Waals surface area contributed by atoms with Crippen LogP contribution in [-0.4, -0.2) is 48.2 Å². The summed E-state index contributed by atoms with van der Waals surface area (Å²) in [6.07, 6.45) is 1.82. The molecule has 1 saturated heterocycles. The van der Waals surface area contributed by atoms with Crippen LogP contribution in [0.4, 0.5) is 24.5 Å². The number of halogens is 3. The van der Waals surface area contributed by atoms with Crippen LogP contribution in [0.15, 0.2) is 66.9 Å². The molecule has 1 aliphatic heterocycles.